The van der Waals surface area contributed by atoms with Gasteiger partial charge in [0.2, 0.25) is 0 Å². The van der Waals surface area contributed by atoms with Crippen molar-refractivity contribution in [2.24, 2.45) is 7.05 Å². The molecular formula is C10H16N2O. The van der Waals surface area contributed by atoms with Crippen LogP contribution in [0.25, 0.3) is 0 Å². The summed E-state index contributed by atoms with van der Waals surface area (Å²) in [6.07, 6.45) is 5.00. The standard InChI is InChI=1S/C10H16N2O/c1-7-11-9(6-12(7)2)8-4-3-5-10(8)13/h6,8,10,13H,3-5H2,1-2H3. The molecule has 1 aliphatic rings. The van der Waals surface area contributed by atoms with Crippen LogP contribution in [0.5, 0.6) is 0 Å². The third kappa shape index (κ3) is 1.48. The van der Waals surface area contributed by atoms with Crippen molar-refractivity contribution in [3.63, 3.8) is 0 Å². The van der Waals surface area contributed by atoms with Crippen LogP contribution < -0.4 is 0 Å². The average Bonchev–Trinajstić information content (AvgIpc) is 2.60. The molecule has 3 nitrogen and oxygen atoms in total. The SMILES string of the molecule is Cc1nc(C2CCCC2O)cn1C. The minimum Gasteiger partial charge on any atom is -0.392 e. The summed E-state index contributed by atoms with van der Waals surface area (Å²) >= 11 is 0. The number of hydrogen-bond acceptors (Lipinski definition) is 2. The smallest absolute Gasteiger partial charge is 0.105 e. The zero-order valence-corrected chi connectivity index (χ0v) is 8.20. The Kier molecular flexibility index (Phi) is 2.12. The van der Waals surface area contributed by atoms with Crippen LogP contribution in [0.2, 0.25) is 0 Å². The fourth-order valence-electron chi connectivity index (χ4n) is 2.05. The highest BCUT2D eigenvalue weighted by molar-refractivity contribution is 5.12. The number of aryl methyl sites for hydroxylation is 2. The summed E-state index contributed by atoms with van der Waals surface area (Å²) in [7, 11) is 1.99. The molecule has 0 aliphatic heterocycles. The van der Waals surface area contributed by atoms with E-state index in [0.29, 0.717) is 0 Å². The minimum absolute atomic E-state index is 0.172. The van der Waals surface area contributed by atoms with Crippen LogP contribution in [-0.4, -0.2) is 20.8 Å². The summed E-state index contributed by atoms with van der Waals surface area (Å²) in [5.41, 5.74) is 1.06. The highest BCUT2D eigenvalue weighted by Crippen LogP contribution is 2.33. The van der Waals surface area contributed by atoms with Crippen molar-refractivity contribution < 1.29 is 5.11 Å². The lowest BCUT2D eigenvalue weighted by Crippen LogP contribution is -2.11. The predicted octanol–water partition coefficient (Wildman–Crippen LogP) is 1.36. The molecule has 2 unspecified atom stereocenters. The molecule has 1 saturated carbocycles. The maximum Gasteiger partial charge on any atom is 0.105 e. The number of aromatic nitrogens is 2. The lowest BCUT2D eigenvalue weighted by Gasteiger charge is -2.10. The molecular weight excluding hydrogens is 164 g/mol. The van der Waals surface area contributed by atoms with E-state index in [1.807, 2.05) is 24.7 Å². The Labute approximate surface area is 78.4 Å². The summed E-state index contributed by atoms with van der Waals surface area (Å²) < 4.78 is 2.01. The highest BCUT2D eigenvalue weighted by Gasteiger charge is 2.28. The number of rotatable bonds is 1. The molecule has 0 aromatic carbocycles. The van der Waals surface area contributed by atoms with Crippen molar-refractivity contribution in [2.45, 2.75) is 38.2 Å². The first-order valence-corrected chi connectivity index (χ1v) is 4.86. The number of imidazole rings is 1. The number of hydrogen-bond donors (Lipinski definition) is 1. The van der Waals surface area contributed by atoms with E-state index in [-0.39, 0.29) is 12.0 Å². The molecule has 1 aliphatic carbocycles. The van der Waals surface area contributed by atoms with E-state index in [1.165, 1.54) is 0 Å². The van der Waals surface area contributed by atoms with Gasteiger partial charge in [-0.25, -0.2) is 4.98 Å². The van der Waals surface area contributed by atoms with Crippen molar-refractivity contribution in [2.75, 3.05) is 0 Å². The normalized spacial score (nSPS) is 28.2. The molecule has 72 valence electrons. The Bertz CT molecular complexity index is 286. The number of aliphatic hydroxyl groups excluding tert-OH is 1. The van der Waals surface area contributed by atoms with Crippen molar-refractivity contribution in [1.82, 2.24) is 9.55 Å². The molecule has 0 saturated heterocycles. The topological polar surface area (TPSA) is 38.1 Å². The van der Waals surface area contributed by atoms with Crippen LogP contribution in [0.15, 0.2) is 6.20 Å². The minimum atomic E-state index is -0.172. The lowest BCUT2D eigenvalue weighted by atomic mass is 10.0. The van der Waals surface area contributed by atoms with Gasteiger partial charge in [0.15, 0.2) is 0 Å². The second-order valence-corrected chi connectivity index (χ2v) is 3.93. The molecule has 1 aromatic rings. The third-order valence-electron chi connectivity index (χ3n) is 2.99. The number of nitrogens with zero attached hydrogens (tertiary/aromatic N) is 2. The van der Waals surface area contributed by atoms with Gasteiger partial charge in [0.1, 0.15) is 5.82 Å². The Hall–Kier alpha value is -0.830. The Balaban J connectivity index is 2.24. The molecule has 0 radical (unpaired) electrons. The zero-order chi connectivity index (χ0) is 9.42. The van der Waals surface area contributed by atoms with Gasteiger partial charge in [0.25, 0.3) is 0 Å². The maximum absolute atomic E-state index is 9.69. The quantitative estimate of drug-likeness (QED) is 0.708. The molecule has 1 aromatic heterocycles. The van der Waals surface area contributed by atoms with E-state index in [2.05, 4.69) is 4.98 Å². The average molecular weight is 180 g/mol. The van der Waals surface area contributed by atoms with Gasteiger partial charge in [-0.2, -0.15) is 0 Å². The van der Waals surface area contributed by atoms with Crippen molar-refractivity contribution in [3.8, 4) is 0 Å². The largest absolute Gasteiger partial charge is 0.392 e. The van der Waals surface area contributed by atoms with Crippen LogP contribution in [0.1, 0.15) is 36.7 Å². The van der Waals surface area contributed by atoms with Crippen molar-refractivity contribution in [3.05, 3.63) is 17.7 Å². The molecule has 1 heterocycles. The lowest BCUT2D eigenvalue weighted by molar-refractivity contribution is 0.162. The van der Waals surface area contributed by atoms with Crippen LogP contribution >= 0.6 is 0 Å². The second kappa shape index (κ2) is 3.14. The molecule has 2 atom stereocenters. The molecule has 3 heteroatoms. The van der Waals surface area contributed by atoms with Gasteiger partial charge < -0.3 is 9.67 Å². The Morgan fingerprint density at radius 1 is 1.54 bits per heavy atom. The van der Waals surface area contributed by atoms with Gasteiger partial charge in [0, 0.05) is 19.2 Å². The zero-order valence-electron chi connectivity index (χ0n) is 8.20. The van der Waals surface area contributed by atoms with E-state index >= 15 is 0 Å². The first kappa shape index (κ1) is 8.75. The molecule has 0 amide bonds. The van der Waals surface area contributed by atoms with Gasteiger partial charge in [-0.1, -0.05) is 6.42 Å². The van der Waals surface area contributed by atoms with E-state index in [9.17, 15) is 5.11 Å². The van der Waals surface area contributed by atoms with Gasteiger partial charge in [0.05, 0.1) is 11.8 Å². The maximum atomic E-state index is 9.69. The number of aliphatic hydroxyl groups is 1. The van der Waals surface area contributed by atoms with Crippen molar-refractivity contribution >= 4 is 0 Å². The van der Waals surface area contributed by atoms with E-state index in [0.717, 1.165) is 30.8 Å². The third-order valence-corrected chi connectivity index (χ3v) is 2.99. The fraction of sp³-hybridized carbons (Fsp3) is 0.700. The van der Waals surface area contributed by atoms with Gasteiger partial charge in [-0.15, -0.1) is 0 Å². The molecule has 1 fully saturated rings. The Morgan fingerprint density at radius 3 is 2.77 bits per heavy atom. The second-order valence-electron chi connectivity index (χ2n) is 3.93. The van der Waals surface area contributed by atoms with E-state index in [1.54, 1.807) is 0 Å². The van der Waals surface area contributed by atoms with Gasteiger partial charge in [-0.05, 0) is 19.8 Å². The van der Waals surface area contributed by atoms with Gasteiger partial charge in [-0.3, -0.25) is 0 Å². The van der Waals surface area contributed by atoms with Crippen LogP contribution in [0, 0.1) is 6.92 Å². The molecule has 2 rings (SSSR count). The van der Waals surface area contributed by atoms with Crippen LogP contribution in [0.4, 0.5) is 0 Å². The molecule has 1 N–H and O–H groups in total. The van der Waals surface area contributed by atoms with Crippen LogP contribution in [0.3, 0.4) is 0 Å². The molecule has 13 heavy (non-hydrogen) atoms. The first-order valence-electron chi connectivity index (χ1n) is 4.86. The summed E-state index contributed by atoms with van der Waals surface area (Å²) in [6.45, 7) is 1.99. The van der Waals surface area contributed by atoms with Crippen LogP contribution in [-0.2, 0) is 7.05 Å². The summed E-state index contributed by atoms with van der Waals surface area (Å²) in [5.74, 6) is 1.30. The highest BCUT2D eigenvalue weighted by atomic mass is 16.3. The summed E-state index contributed by atoms with van der Waals surface area (Å²) in [4.78, 5) is 4.45. The van der Waals surface area contributed by atoms with Gasteiger partial charge >= 0.3 is 0 Å². The predicted molar refractivity (Wildman–Crippen MR) is 50.5 cm³/mol. The van der Waals surface area contributed by atoms with E-state index < -0.39 is 0 Å². The first-order chi connectivity index (χ1) is 6.18. The van der Waals surface area contributed by atoms with Crippen molar-refractivity contribution in [1.29, 1.82) is 0 Å². The fourth-order valence-corrected chi connectivity index (χ4v) is 2.05. The summed E-state index contributed by atoms with van der Waals surface area (Å²) in [5, 5.41) is 9.69. The monoisotopic (exact) mass is 180 g/mol. The molecule has 0 spiro atoms. The van der Waals surface area contributed by atoms with E-state index in [4.69, 9.17) is 0 Å². The Morgan fingerprint density at radius 2 is 2.31 bits per heavy atom. The molecule has 0 bridgehead atoms. The summed E-state index contributed by atoms with van der Waals surface area (Å²) in [6, 6.07) is 0.